The number of nitrogens with one attached hydrogen (secondary N) is 1. The number of rotatable bonds is 4. The zero-order valence-corrected chi connectivity index (χ0v) is 13.1. The van der Waals surface area contributed by atoms with Crippen molar-refractivity contribution in [1.29, 1.82) is 0 Å². The monoisotopic (exact) mass is 356 g/mol. The van der Waals surface area contributed by atoms with Crippen molar-refractivity contribution in [2.24, 2.45) is 5.14 Å². The highest BCUT2D eigenvalue weighted by Gasteiger charge is 2.06. The van der Waals surface area contributed by atoms with Crippen LogP contribution in [0.5, 0.6) is 0 Å². The van der Waals surface area contributed by atoms with Crippen LogP contribution in [0.4, 0.5) is 5.82 Å². The Morgan fingerprint density at radius 1 is 1.25 bits per heavy atom. The molecule has 106 valence electrons. The first kappa shape index (κ1) is 14.9. The number of halogens is 1. The molecule has 0 saturated heterocycles. The fourth-order valence-electron chi connectivity index (χ4n) is 1.61. The molecular formula is C12H13BrN4O2S. The molecule has 0 aliphatic carbocycles. The van der Waals surface area contributed by atoms with E-state index in [4.69, 9.17) is 5.14 Å². The van der Waals surface area contributed by atoms with E-state index in [9.17, 15) is 8.42 Å². The van der Waals surface area contributed by atoms with Crippen LogP contribution in [-0.4, -0.2) is 18.4 Å². The summed E-state index contributed by atoms with van der Waals surface area (Å²) in [7, 11) is -3.65. The van der Waals surface area contributed by atoms with Crippen LogP contribution in [0.1, 0.15) is 11.4 Å². The molecule has 0 unspecified atom stereocenters. The molecular weight excluding hydrogens is 344 g/mol. The highest BCUT2D eigenvalue weighted by atomic mass is 79.9. The van der Waals surface area contributed by atoms with Crippen molar-refractivity contribution < 1.29 is 8.42 Å². The minimum Gasteiger partial charge on any atom is -0.366 e. The zero-order chi connectivity index (χ0) is 14.8. The molecule has 0 aliphatic heterocycles. The first-order valence-corrected chi connectivity index (χ1v) is 8.05. The molecule has 0 bridgehead atoms. The molecule has 0 radical (unpaired) electrons. The van der Waals surface area contributed by atoms with Gasteiger partial charge < -0.3 is 5.32 Å². The molecule has 2 rings (SSSR count). The number of sulfonamides is 1. The van der Waals surface area contributed by atoms with Gasteiger partial charge in [0.1, 0.15) is 16.2 Å². The third kappa shape index (κ3) is 3.99. The maximum atomic E-state index is 11.1. The Hall–Kier alpha value is -1.51. The van der Waals surface area contributed by atoms with E-state index >= 15 is 0 Å². The lowest BCUT2D eigenvalue weighted by molar-refractivity contribution is 0.598. The van der Waals surface area contributed by atoms with Gasteiger partial charge in [-0.3, -0.25) is 0 Å². The van der Waals surface area contributed by atoms with Crippen molar-refractivity contribution in [1.82, 2.24) is 9.97 Å². The van der Waals surface area contributed by atoms with Crippen LogP contribution in [0.2, 0.25) is 0 Å². The molecule has 0 atom stereocenters. The minimum absolute atomic E-state index is 0.0990. The molecule has 1 aromatic heterocycles. The number of hydrogen-bond donors (Lipinski definition) is 2. The Kier molecular flexibility index (Phi) is 4.36. The number of nitrogens with zero attached hydrogens (tertiary/aromatic N) is 2. The number of benzene rings is 1. The lowest BCUT2D eigenvalue weighted by Gasteiger charge is -2.07. The topological polar surface area (TPSA) is 98.0 Å². The molecule has 0 saturated carbocycles. The first-order valence-electron chi connectivity index (χ1n) is 5.71. The number of anilines is 1. The summed E-state index contributed by atoms with van der Waals surface area (Å²) < 4.78 is 23.0. The van der Waals surface area contributed by atoms with Crippen LogP contribution in [0.3, 0.4) is 0 Å². The number of primary sulfonamides is 1. The summed E-state index contributed by atoms with van der Waals surface area (Å²) in [5.41, 5.74) is 0.921. The lowest BCUT2D eigenvalue weighted by Crippen LogP contribution is -2.12. The van der Waals surface area contributed by atoms with Crippen LogP contribution >= 0.6 is 15.9 Å². The predicted molar refractivity (Wildman–Crippen MR) is 79.6 cm³/mol. The smallest absolute Gasteiger partial charge is 0.238 e. The van der Waals surface area contributed by atoms with Gasteiger partial charge in [-0.05, 0) is 40.5 Å². The van der Waals surface area contributed by atoms with E-state index in [2.05, 4.69) is 31.2 Å². The average Bonchev–Trinajstić information content (AvgIpc) is 2.35. The van der Waals surface area contributed by atoms with Crippen molar-refractivity contribution in [3.05, 3.63) is 46.3 Å². The molecule has 3 N–H and O–H groups in total. The van der Waals surface area contributed by atoms with Gasteiger partial charge in [0.15, 0.2) is 0 Å². The maximum absolute atomic E-state index is 11.1. The highest BCUT2D eigenvalue weighted by Crippen LogP contribution is 2.14. The van der Waals surface area contributed by atoms with Crippen LogP contribution in [0.25, 0.3) is 0 Å². The van der Waals surface area contributed by atoms with Gasteiger partial charge in [-0.25, -0.2) is 23.5 Å². The predicted octanol–water partition coefficient (Wildman–Crippen LogP) is 1.81. The SMILES string of the molecule is Cc1nc(Br)cc(NCc2ccc(S(N)(=O)=O)cc2)n1. The Labute approximate surface area is 125 Å². The molecule has 0 fully saturated rings. The van der Waals surface area contributed by atoms with Crippen LogP contribution in [0.15, 0.2) is 39.8 Å². The molecule has 6 nitrogen and oxygen atoms in total. The first-order chi connectivity index (χ1) is 9.34. The summed E-state index contributed by atoms with van der Waals surface area (Å²) in [6.45, 7) is 2.32. The van der Waals surface area contributed by atoms with Crippen molar-refractivity contribution in [3.8, 4) is 0 Å². The zero-order valence-electron chi connectivity index (χ0n) is 10.7. The van der Waals surface area contributed by atoms with Gasteiger partial charge in [-0.2, -0.15) is 0 Å². The minimum atomic E-state index is -3.65. The largest absolute Gasteiger partial charge is 0.366 e. The maximum Gasteiger partial charge on any atom is 0.238 e. The van der Waals surface area contributed by atoms with Crippen LogP contribution in [-0.2, 0) is 16.6 Å². The summed E-state index contributed by atoms with van der Waals surface area (Å²) >= 11 is 3.30. The van der Waals surface area contributed by atoms with Crippen molar-refractivity contribution >= 4 is 31.8 Å². The molecule has 2 aromatic rings. The molecule has 20 heavy (non-hydrogen) atoms. The number of hydrogen-bond acceptors (Lipinski definition) is 5. The Morgan fingerprint density at radius 2 is 1.90 bits per heavy atom. The molecule has 0 spiro atoms. The standard InChI is InChI=1S/C12H13BrN4O2S/c1-8-16-11(13)6-12(17-8)15-7-9-2-4-10(5-3-9)20(14,18)19/h2-6H,7H2,1H3,(H2,14,18,19)(H,15,16,17). The highest BCUT2D eigenvalue weighted by molar-refractivity contribution is 9.10. The fraction of sp³-hybridized carbons (Fsp3) is 0.167. The van der Waals surface area contributed by atoms with Gasteiger partial charge in [0, 0.05) is 12.6 Å². The second-order valence-electron chi connectivity index (χ2n) is 4.17. The van der Waals surface area contributed by atoms with Gasteiger partial charge in [-0.1, -0.05) is 12.1 Å². The van der Waals surface area contributed by atoms with E-state index in [0.29, 0.717) is 22.8 Å². The van der Waals surface area contributed by atoms with Crippen LogP contribution in [0, 0.1) is 6.92 Å². The number of nitrogens with two attached hydrogens (primary N) is 1. The third-order valence-corrected chi connectivity index (χ3v) is 3.87. The Bertz CT molecular complexity index is 696. The van der Waals surface area contributed by atoms with Gasteiger partial charge in [-0.15, -0.1) is 0 Å². The van der Waals surface area contributed by atoms with Crippen molar-refractivity contribution in [2.75, 3.05) is 5.32 Å². The van der Waals surface area contributed by atoms with E-state index < -0.39 is 10.0 Å². The summed E-state index contributed by atoms with van der Waals surface area (Å²) in [5.74, 6) is 1.35. The number of aromatic nitrogens is 2. The normalized spacial score (nSPS) is 11.3. The molecule has 1 aromatic carbocycles. The van der Waals surface area contributed by atoms with E-state index in [0.717, 1.165) is 5.56 Å². The third-order valence-electron chi connectivity index (χ3n) is 2.53. The number of aryl methyl sites for hydroxylation is 1. The van der Waals surface area contributed by atoms with E-state index in [-0.39, 0.29) is 4.90 Å². The molecule has 0 aliphatic rings. The summed E-state index contributed by atoms with van der Waals surface area (Å²) in [5, 5.41) is 8.18. The second-order valence-corrected chi connectivity index (χ2v) is 6.54. The molecule has 1 heterocycles. The summed E-state index contributed by atoms with van der Waals surface area (Å²) in [6, 6.07) is 8.14. The van der Waals surface area contributed by atoms with Crippen LogP contribution < -0.4 is 10.5 Å². The van der Waals surface area contributed by atoms with E-state index in [1.54, 1.807) is 25.1 Å². The van der Waals surface area contributed by atoms with Gasteiger partial charge in [0.25, 0.3) is 0 Å². The Balaban J connectivity index is 2.07. The molecule has 0 amide bonds. The average molecular weight is 357 g/mol. The van der Waals surface area contributed by atoms with Gasteiger partial charge in [0.2, 0.25) is 10.0 Å². The lowest BCUT2D eigenvalue weighted by atomic mass is 10.2. The second kappa shape index (κ2) is 5.86. The Morgan fingerprint density at radius 3 is 2.45 bits per heavy atom. The molecule has 8 heteroatoms. The quantitative estimate of drug-likeness (QED) is 0.814. The van der Waals surface area contributed by atoms with Gasteiger partial charge in [0.05, 0.1) is 4.90 Å². The summed E-state index contributed by atoms with van der Waals surface area (Å²) in [4.78, 5) is 8.45. The van der Waals surface area contributed by atoms with E-state index in [1.807, 2.05) is 0 Å². The fourth-order valence-corrected chi connectivity index (χ4v) is 2.60. The van der Waals surface area contributed by atoms with Crippen molar-refractivity contribution in [3.63, 3.8) is 0 Å². The van der Waals surface area contributed by atoms with Gasteiger partial charge >= 0.3 is 0 Å². The van der Waals surface area contributed by atoms with E-state index in [1.165, 1.54) is 12.1 Å². The summed E-state index contributed by atoms with van der Waals surface area (Å²) in [6.07, 6.45) is 0. The van der Waals surface area contributed by atoms with Crippen molar-refractivity contribution in [2.45, 2.75) is 18.4 Å².